The molecule has 3 heterocycles. The molecule has 3 rings (SSSR count). The number of nitrogens with zero attached hydrogens (tertiary/aromatic N) is 2. The van der Waals surface area contributed by atoms with Gasteiger partial charge in [-0.05, 0) is 18.6 Å². The molecule has 0 atom stereocenters. The van der Waals surface area contributed by atoms with E-state index in [0.29, 0.717) is 34.4 Å². The highest BCUT2D eigenvalue weighted by Gasteiger charge is 2.32. The van der Waals surface area contributed by atoms with Gasteiger partial charge in [0.05, 0.1) is 44.4 Å². The average molecular weight is 396 g/mol. The summed E-state index contributed by atoms with van der Waals surface area (Å²) in [5.41, 5.74) is 2.94. The van der Waals surface area contributed by atoms with E-state index in [1.54, 1.807) is 29.4 Å². The van der Waals surface area contributed by atoms with Crippen molar-refractivity contribution in [1.29, 1.82) is 0 Å². The number of amides is 2. The van der Waals surface area contributed by atoms with Gasteiger partial charge < -0.3 is 9.32 Å². The van der Waals surface area contributed by atoms with Crippen LogP contribution in [0.5, 0.6) is 0 Å². The van der Waals surface area contributed by atoms with Crippen LogP contribution < -0.4 is 10.3 Å². The summed E-state index contributed by atoms with van der Waals surface area (Å²) in [6, 6.07) is 3.56. The van der Waals surface area contributed by atoms with E-state index in [0.717, 1.165) is 26.2 Å². The van der Waals surface area contributed by atoms with Gasteiger partial charge in [-0.25, -0.2) is 5.01 Å². The first-order valence-electron chi connectivity index (χ1n) is 8.67. The van der Waals surface area contributed by atoms with E-state index in [1.807, 2.05) is 5.01 Å². The van der Waals surface area contributed by atoms with Crippen molar-refractivity contribution in [2.45, 2.75) is 12.8 Å². The van der Waals surface area contributed by atoms with Gasteiger partial charge in [0.25, 0.3) is 5.91 Å². The number of hydrazine groups is 1. The van der Waals surface area contributed by atoms with Crippen LogP contribution in [0.4, 0.5) is 0 Å². The van der Waals surface area contributed by atoms with E-state index >= 15 is 0 Å². The highest BCUT2D eigenvalue weighted by Crippen LogP contribution is 2.32. The molecule has 2 amide bonds. The van der Waals surface area contributed by atoms with Crippen molar-refractivity contribution in [2.75, 3.05) is 39.8 Å². The molecule has 2 saturated heterocycles. The average Bonchev–Trinajstić information content (AvgIpc) is 3.21. The summed E-state index contributed by atoms with van der Waals surface area (Å²) in [5, 5.41) is 1.97. The molecular formula is C17H23N4O3S2+. The Morgan fingerprint density at radius 3 is 2.92 bits per heavy atom. The maximum atomic E-state index is 12.5. The van der Waals surface area contributed by atoms with Crippen LogP contribution in [0.2, 0.25) is 0 Å². The summed E-state index contributed by atoms with van der Waals surface area (Å²) in [6.45, 7) is 4.23. The second-order valence-electron chi connectivity index (χ2n) is 6.43. The molecule has 0 bridgehead atoms. The van der Waals surface area contributed by atoms with Crippen LogP contribution in [-0.4, -0.2) is 65.8 Å². The molecule has 2 N–H and O–H groups in total. The third-order valence-electron chi connectivity index (χ3n) is 4.38. The number of hydrogen-bond donors (Lipinski definition) is 2. The van der Waals surface area contributed by atoms with Gasteiger partial charge in [0.2, 0.25) is 5.91 Å². The van der Waals surface area contributed by atoms with E-state index in [2.05, 4.69) is 12.5 Å². The molecule has 140 valence electrons. The standard InChI is InChI=1S/C17H22N4O3S2/c1-19-7-9-20(10-8-19)18-15(22)5-2-6-21-16(23)14(26-17(21)25)12-13-4-3-11-24-13/h3-4,11-12H,2,5-10H2,1H3,(H,18,22)/p+1/b14-12+. The Labute approximate surface area is 162 Å². The minimum Gasteiger partial charge on any atom is -0.465 e. The SMILES string of the molecule is C[NH+]1CCN(NC(=O)CCCN2C(=O)/C(=C\c3ccco3)SC2=S)CC1. The molecule has 0 unspecified atom stereocenters. The van der Waals surface area contributed by atoms with Crippen molar-refractivity contribution >= 4 is 46.2 Å². The Morgan fingerprint density at radius 2 is 2.23 bits per heavy atom. The van der Waals surface area contributed by atoms with Crippen LogP contribution in [0.1, 0.15) is 18.6 Å². The molecule has 0 saturated carbocycles. The van der Waals surface area contributed by atoms with Crippen molar-refractivity contribution in [1.82, 2.24) is 15.3 Å². The van der Waals surface area contributed by atoms with Gasteiger partial charge >= 0.3 is 0 Å². The van der Waals surface area contributed by atoms with Crippen molar-refractivity contribution < 1.29 is 18.9 Å². The number of quaternary nitrogens is 1. The fraction of sp³-hybridized carbons (Fsp3) is 0.471. The molecule has 0 radical (unpaired) electrons. The Bertz CT molecular complexity index is 697. The number of thioether (sulfide) groups is 1. The smallest absolute Gasteiger partial charge is 0.266 e. The Morgan fingerprint density at radius 1 is 1.46 bits per heavy atom. The molecule has 2 fully saturated rings. The van der Waals surface area contributed by atoms with Crippen LogP contribution >= 0.6 is 24.0 Å². The third kappa shape index (κ3) is 4.94. The fourth-order valence-corrected chi connectivity index (χ4v) is 4.11. The van der Waals surface area contributed by atoms with Gasteiger partial charge in [-0.1, -0.05) is 24.0 Å². The van der Waals surface area contributed by atoms with Crippen LogP contribution in [-0.2, 0) is 9.59 Å². The number of thiocarbonyl (C=S) groups is 1. The van der Waals surface area contributed by atoms with Crippen molar-refractivity contribution in [2.24, 2.45) is 0 Å². The molecule has 9 heteroatoms. The number of carbonyl (C=O) groups excluding carboxylic acids is 2. The highest BCUT2D eigenvalue weighted by atomic mass is 32.2. The van der Waals surface area contributed by atoms with Crippen LogP contribution in [0.15, 0.2) is 27.7 Å². The van der Waals surface area contributed by atoms with Crippen LogP contribution in [0.3, 0.4) is 0 Å². The van der Waals surface area contributed by atoms with Gasteiger partial charge in [0.1, 0.15) is 10.1 Å². The van der Waals surface area contributed by atoms with E-state index < -0.39 is 0 Å². The topological polar surface area (TPSA) is 70.2 Å². The first-order chi connectivity index (χ1) is 12.5. The van der Waals surface area contributed by atoms with Crippen LogP contribution in [0.25, 0.3) is 6.08 Å². The van der Waals surface area contributed by atoms with E-state index in [-0.39, 0.29) is 11.8 Å². The number of nitrogens with one attached hydrogen (secondary N) is 2. The van der Waals surface area contributed by atoms with Gasteiger partial charge in [0, 0.05) is 19.0 Å². The Hall–Kier alpha value is -1.68. The number of piperazine rings is 1. The van der Waals surface area contributed by atoms with Crippen molar-refractivity contribution in [3.8, 4) is 0 Å². The summed E-state index contributed by atoms with van der Waals surface area (Å²) < 4.78 is 5.77. The highest BCUT2D eigenvalue weighted by molar-refractivity contribution is 8.26. The first-order valence-corrected chi connectivity index (χ1v) is 9.90. The molecule has 26 heavy (non-hydrogen) atoms. The minimum atomic E-state index is -0.126. The normalized spacial score (nSPS) is 21.0. The molecule has 7 nitrogen and oxygen atoms in total. The monoisotopic (exact) mass is 395 g/mol. The number of carbonyl (C=O) groups is 2. The molecule has 0 aromatic carbocycles. The molecule has 1 aromatic rings. The number of likely N-dealkylation sites (N-methyl/N-ethyl adjacent to an activating group) is 1. The summed E-state index contributed by atoms with van der Waals surface area (Å²) in [4.78, 5) is 28.1. The van der Waals surface area contributed by atoms with Gasteiger partial charge in [-0.3, -0.25) is 19.9 Å². The molecular weight excluding hydrogens is 372 g/mol. The van der Waals surface area contributed by atoms with E-state index in [4.69, 9.17) is 16.6 Å². The van der Waals surface area contributed by atoms with Gasteiger partial charge in [-0.2, -0.15) is 0 Å². The minimum absolute atomic E-state index is 0.0129. The summed E-state index contributed by atoms with van der Waals surface area (Å²) >= 11 is 6.56. The van der Waals surface area contributed by atoms with Gasteiger partial charge in [0.15, 0.2) is 0 Å². The maximum Gasteiger partial charge on any atom is 0.266 e. The second kappa shape index (κ2) is 8.81. The molecule has 0 aliphatic carbocycles. The molecule has 1 aromatic heterocycles. The quantitative estimate of drug-likeness (QED) is 0.527. The molecule has 2 aliphatic rings. The number of rotatable bonds is 6. The molecule has 2 aliphatic heterocycles. The summed E-state index contributed by atoms with van der Waals surface area (Å²) in [5.74, 6) is 0.485. The van der Waals surface area contributed by atoms with Crippen LogP contribution in [0, 0.1) is 0 Å². The lowest BCUT2D eigenvalue weighted by Gasteiger charge is -2.30. The van der Waals surface area contributed by atoms with E-state index in [1.165, 1.54) is 16.7 Å². The summed E-state index contributed by atoms with van der Waals surface area (Å²) in [7, 11) is 2.15. The lowest BCUT2D eigenvalue weighted by atomic mass is 10.2. The summed E-state index contributed by atoms with van der Waals surface area (Å²) in [6.07, 6.45) is 4.20. The lowest BCUT2D eigenvalue weighted by Crippen LogP contribution is -3.12. The molecule has 0 spiro atoms. The number of hydrogen-bond acceptors (Lipinski definition) is 6. The first kappa shape index (κ1) is 19.1. The van der Waals surface area contributed by atoms with Crippen molar-refractivity contribution in [3.05, 3.63) is 29.1 Å². The largest absolute Gasteiger partial charge is 0.465 e. The predicted molar refractivity (Wildman–Crippen MR) is 104 cm³/mol. The Balaban J connectivity index is 1.43. The third-order valence-corrected chi connectivity index (χ3v) is 5.75. The zero-order chi connectivity index (χ0) is 18.5. The predicted octanol–water partition coefficient (Wildman–Crippen LogP) is 0.123. The lowest BCUT2D eigenvalue weighted by molar-refractivity contribution is -0.884. The van der Waals surface area contributed by atoms with Gasteiger partial charge in [-0.15, -0.1) is 0 Å². The number of furan rings is 1. The zero-order valence-electron chi connectivity index (χ0n) is 14.7. The Kier molecular flexibility index (Phi) is 6.47. The second-order valence-corrected chi connectivity index (χ2v) is 8.11. The fourth-order valence-electron chi connectivity index (χ4n) is 2.83. The maximum absolute atomic E-state index is 12.5. The van der Waals surface area contributed by atoms with E-state index in [9.17, 15) is 9.59 Å². The zero-order valence-corrected chi connectivity index (χ0v) is 16.3. The van der Waals surface area contributed by atoms with Crippen molar-refractivity contribution in [3.63, 3.8) is 0 Å².